The highest BCUT2D eigenvalue weighted by Crippen LogP contribution is 2.15. The van der Waals surface area contributed by atoms with Gasteiger partial charge in [-0.25, -0.2) is 9.78 Å². The Morgan fingerprint density at radius 3 is 2.35 bits per heavy atom. The molecular formula is C15H23N2O3+. The third-order valence-corrected chi connectivity index (χ3v) is 3.00. The molecule has 0 spiro atoms. The third-order valence-electron chi connectivity index (χ3n) is 3.00. The SMILES string of the molecule is CC(C)C(=O)CC(OC(=O)c1ccccn1)[N+](C)(C)C. The number of quaternary nitrogens is 1. The van der Waals surface area contributed by atoms with Crippen LogP contribution in [0.1, 0.15) is 30.8 Å². The largest absolute Gasteiger partial charge is 0.407 e. The number of pyridine rings is 1. The number of hydrogen-bond donors (Lipinski definition) is 0. The van der Waals surface area contributed by atoms with E-state index in [9.17, 15) is 9.59 Å². The van der Waals surface area contributed by atoms with E-state index < -0.39 is 12.2 Å². The second kappa shape index (κ2) is 6.61. The Morgan fingerprint density at radius 1 is 1.25 bits per heavy atom. The molecular weight excluding hydrogens is 256 g/mol. The lowest BCUT2D eigenvalue weighted by atomic mass is 10.0. The van der Waals surface area contributed by atoms with Gasteiger partial charge in [0.25, 0.3) is 0 Å². The van der Waals surface area contributed by atoms with Crippen molar-refractivity contribution in [2.45, 2.75) is 26.5 Å². The molecule has 20 heavy (non-hydrogen) atoms. The molecule has 1 aromatic rings. The summed E-state index contributed by atoms with van der Waals surface area (Å²) in [5, 5.41) is 0. The lowest BCUT2D eigenvalue weighted by molar-refractivity contribution is -0.915. The highest BCUT2D eigenvalue weighted by Gasteiger charge is 2.31. The number of ketones is 1. The summed E-state index contributed by atoms with van der Waals surface area (Å²) in [5.41, 5.74) is 0.253. The molecule has 5 heteroatoms. The van der Waals surface area contributed by atoms with E-state index >= 15 is 0 Å². The van der Waals surface area contributed by atoms with Crippen LogP contribution in [0.5, 0.6) is 0 Å². The number of hydrogen-bond acceptors (Lipinski definition) is 4. The summed E-state index contributed by atoms with van der Waals surface area (Å²) in [5.74, 6) is -0.491. The van der Waals surface area contributed by atoms with Crippen molar-refractivity contribution in [3.63, 3.8) is 0 Å². The minimum Gasteiger partial charge on any atom is -0.407 e. The Bertz CT molecular complexity index is 464. The number of Topliss-reactive ketones (excluding diaryl/α,β-unsaturated/α-hetero) is 1. The lowest BCUT2D eigenvalue weighted by Gasteiger charge is -2.32. The van der Waals surface area contributed by atoms with Gasteiger partial charge in [0.1, 0.15) is 11.5 Å². The summed E-state index contributed by atoms with van der Waals surface area (Å²) in [6.45, 7) is 3.69. The van der Waals surface area contributed by atoms with Crippen molar-refractivity contribution in [3.05, 3.63) is 30.1 Å². The summed E-state index contributed by atoms with van der Waals surface area (Å²) < 4.78 is 5.84. The number of ether oxygens (including phenoxy) is 1. The van der Waals surface area contributed by atoms with Gasteiger partial charge in [-0.3, -0.25) is 9.28 Å². The summed E-state index contributed by atoms with van der Waals surface area (Å²) in [6.07, 6.45) is 1.23. The van der Waals surface area contributed by atoms with Crippen LogP contribution in [-0.4, -0.2) is 48.6 Å². The van der Waals surface area contributed by atoms with Crippen molar-refractivity contribution in [1.82, 2.24) is 4.98 Å². The Morgan fingerprint density at radius 2 is 1.90 bits per heavy atom. The number of rotatable bonds is 6. The van der Waals surface area contributed by atoms with Crippen LogP contribution < -0.4 is 0 Å². The molecule has 0 aliphatic heterocycles. The molecule has 0 aromatic carbocycles. The van der Waals surface area contributed by atoms with Crippen LogP contribution in [0.25, 0.3) is 0 Å². The number of nitrogens with zero attached hydrogens (tertiary/aromatic N) is 2. The number of carbonyl (C=O) groups excluding carboxylic acids is 2. The predicted molar refractivity (Wildman–Crippen MR) is 75.9 cm³/mol. The van der Waals surface area contributed by atoms with E-state index in [4.69, 9.17) is 4.74 Å². The Hall–Kier alpha value is -1.75. The van der Waals surface area contributed by atoms with Gasteiger partial charge in [-0.05, 0) is 12.1 Å². The van der Waals surface area contributed by atoms with E-state index in [-0.39, 0.29) is 23.8 Å². The first-order valence-corrected chi connectivity index (χ1v) is 6.67. The number of aromatic nitrogens is 1. The van der Waals surface area contributed by atoms with E-state index in [1.807, 2.05) is 35.0 Å². The maximum Gasteiger partial charge on any atom is 0.361 e. The number of carbonyl (C=O) groups is 2. The fourth-order valence-electron chi connectivity index (χ4n) is 1.55. The first-order valence-electron chi connectivity index (χ1n) is 6.67. The van der Waals surface area contributed by atoms with Crippen molar-refractivity contribution >= 4 is 11.8 Å². The van der Waals surface area contributed by atoms with Crippen LogP contribution in [0, 0.1) is 5.92 Å². The van der Waals surface area contributed by atoms with Gasteiger partial charge < -0.3 is 4.74 Å². The Labute approximate surface area is 120 Å². The average molecular weight is 279 g/mol. The van der Waals surface area contributed by atoms with Gasteiger partial charge in [0.15, 0.2) is 0 Å². The molecule has 1 rings (SSSR count). The van der Waals surface area contributed by atoms with Crippen LogP contribution in [0.2, 0.25) is 0 Å². The highest BCUT2D eigenvalue weighted by molar-refractivity contribution is 5.87. The summed E-state index contributed by atoms with van der Waals surface area (Å²) in [6, 6.07) is 5.06. The molecule has 1 aromatic heterocycles. The van der Waals surface area contributed by atoms with E-state index in [0.29, 0.717) is 4.48 Å². The summed E-state index contributed by atoms with van der Waals surface area (Å²) in [7, 11) is 5.68. The summed E-state index contributed by atoms with van der Waals surface area (Å²) >= 11 is 0. The fraction of sp³-hybridized carbons (Fsp3) is 0.533. The zero-order valence-corrected chi connectivity index (χ0v) is 12.8. The first kappa shape index (κ1) is 16.3. The maximum absolute atomic E-state index is 12.0. The monoisotopic (exact) mass is 279 g/mol. The Kier molecular flexibility index (Phi) is 5.39. The smallest absolute Gasteiger partial charge is 0.361 e. The van der Waals surface area contributed by atoms with Crippen LogP contribution in [0.4, 0.5) is 0 Å². The second-order valence-corrected chi connectivity index (χ2v) is 6.02. The molecule has 0 bridgehead atoms. The first-order chi connectivity index (χ1) is 9.21. The van der Waals surface area contributed by atoms with Crippen LogP contribution in [0.3, 0.4) is 0 Å². The molecule has 1 atom stereocenters. The molecule has 0 fully saturated rings. The quantitative estimate of drug-likeness (QED) is 0.453. The van der Waals surface area contributed by atoms with Crippen molar-refractivity contribution in [1.29, 1.82) is 0 Å². The van der Waals surface area contributed by atoms with Gasteiger partial charge in [-0.2, -0.15) is 0 Å². The topological polar surface area (TPSA) is 56.3 Å². The molecule has 110 valence electrons. The highest BCUT2D eigenvalue weighted by atomic mass is 16.6. The maximum atomic E-state index is 12.0. The number of esters is 1. The predicted octanol–water partition coefficient (Wildman–Crippen LogP) is 1.89. The van der Waals surface area contributed by atoms with E-state index in [0.717, 1.165) is 0 Å². The van der Waals surface area contributed by atoms with E-state index in [1.165, 1.54) is 6.20 Å². The molecule has 0 aliphatic carbocycles. The molecule has 0 saturated heterocycles. The molecule has 1 unspecified atom stereocenters. The van der Waals surface area contributed by atoms with E-state index in [2.05, 4.69) is 4.98 Å². The molecule has 1 heterocycles. The molecule has 5 nitrogen and oxygen atoms in total. The molecule has 0 radical (unpaired) electrons. The second-order valence-electron chi connectivity index (χ2n) is 6.02. The van der Waals surface area contributed by atoms with Crippen molar-refractivity contribution in [3.8, 4) is 0 Å². The minimum atomic E-state index is -0.514. The van der Waals surface area contributed by atoms with Gasteiger partial charge in [0, 0.05) is 12.1 Å². The van der Waals surface area contributed by atoms with Gasteiger partial charge >= 0.3 is 5.97 Å². The van der Waals surface area contributed by atoms with Crippen LogP contribution in [-0.2, 0) is 9.53 Å². The van der Waals surface area contributed by atoms with Gasteiger partial charge in [0.05, 0.1) is 27.6 Å². The van der Waals surface area contributed by atoms with Crippen molar-refractivity contribution < 1.29 is 18.8 Å². The van der Waals surface area contributed by atoms with Crippen molar-refractivity contribution in [2.75, 3.05) is 21.1 Å². The normalized spacial score (nSPS) is 13.1. The fourth-order valence-corrected chi connectivity index (χ4v) is 1.55. The zero-order valence-electron chi connectivity index (χ0n) is 12.8. The Balaban J connectivity index is 2.81. The molecule has 0 aliphatic rings. The molecule has 0 N–H and O–H groups in total. The van der Waals surface area contributed by atoms with Crippen molar-refractivity contribution in [2.24, 2.45) is 5.92 Å². The van der Waals surface area contributed by atoms with Crippen LogP contribution in [0.15, 0.2) is 24.4 Å². The van der Waals surface area contributed by atoms with Gasteiger partial charge in [0.2, 0.25) is 6.23 Å². The van der Waals surface area contributed by atoms with Crippen LogP contribution >= 0.6 is 0 Å². The van der Waals surface area contributed by atoms with Gasteiger partial charge in [-0.15, -0.1) is 0 Å². The zero-order chi connectivity index (χ0) is 15.3. The average Bonchev–Trinajstić information content (AvgIpc) is 2.37. The lowest BCUT2D eigenvalue weighted by Crippen LogP contribution is -2.49. The standard InChI is InChI=1S/C15H23N2O3/c1-11(2)13(18)10-14(17(3,4)5)20-15(19)12-8-6-7-9-16-12/h6-9,11,14H,10H2,1-5H3/q+1. The minimum absolute atomic E-state index is 0.0717. The molecule has 0 amide bonds. The molecule has 0 saturated carbocycles. The van der Waals surface area contributed by atoms with E-state index in [1.54, 1.807) is 18.2 Å². The summed E-state index contributed by atoms with van der Waals surface area (Å²) in [4.78, 5) is 27.9. The van der Waals surface area contributed by atoms with Gasteiger partial charge in [-0.1, -0.05) is 19.9 Å². The third kappa shape index (κ3) is 4.74.